The molecule has 130 valence electrons. The summed E-state index contributed by atoms with van der Waals surface area (Å²) >= 11 is 2.20. The van der Waals surface area contributed by atoms with Crippen LogP contribution in [0.25, 0.3) is 0 Å². The summed E-state index contributed by atoms with van der Waals surface area (Å²) in [6.45, 7) is 6.66. The molecule has 0 atom stereocenters. The molecule has 0 bridgehead atoms. The Morgan fingerprint density at radius 3 is 2.58 bits per heavy atom. The fraction of sp³-hybridized carbons (Fsp3) is 0.556. The molecule has 2 aliphatic rings. The van der Waals surface area contributed by atoms with Crippen LogP contribution in [0.5, 0.6) is 0 Å². The number of nitrogens with zero attached hydrogens (tertiary/aromatic N) is 1. The molecular weight excluding hydrogens is 421 g/mol. The molecule has 1 amide bonds. The van der Waals surface area contributed by atoms with E-state index in [4.69, 9.17) is 9.47 Å². The van der Waals surface area contributed by atoms with Crippen molar-refractivity contribution in [3.63, 3.8) is 0 Å². The predicted octanol–water partition coefficient (Wildman–Crippen LogP) is 3.77. The van der Waals surface area contributed by atoms with Gasteiger partial charge in [0.1, 0.15) is 11.2 Å². The van der Waals surface area contributed by atoms with Crippen molar-refractivity contribution in [3.05, 3.63) is 32.9 Å². The smallest absolute Gasteiger partial charge is 0.410 e. The van der Waals surface area contributed by atoms with Gasteiger partial charge in [-0.1, -0.05) is 6.07 Å². The zero-order chi connectivity index (χ0) is 17.5. The average molecular weight is 443 g/mol. The largest absolute Gasteiger partial charge is 0.455 e. The second kappa shape index (κ2) is 6.20. The highest BCUT2D eigenvalue weighted by atomic mass is 127. The molecule has 0 saturated carbocycles. The monoisotopic (exact) mass is 443 g/mol. The molecule has 1 spiro atoms. The van der Waals surface area contributed by atoms with E-state index in [0.717, 1.165) is 9.13 Å². The number of hydrogen-bond donors (Lipinski definition) is 0. The van der Waals surface area contributed by atoms with Crippen molar-refractivity contribution in [3.8, 4) is 0 Å². The van der Waals surface area contributed by atoms with Crippen LogP contribution in [0.4, 0.5) is 4.79 Å². The minimum absolute atomic E-state index is 0.250. The van der Waals surface area contributed by atoms with Gasteiger partial charge < -0.3 is 14.4 Å². The SMILES string of the molecule is CC(C)(C)OC(=O)N1CCC2(CC1)Cc1ccc(I)cc1C(=O)O2. The summed E-state index contributed by atoms with van der Waals surface area (Å²) in [6, 6.07) is 5.90. The molecule has 2 heterocycles. The van der Waals surface area contributed by atoms with Gasteiger partial charge in [-0.3, -0.25) is 0 Å². The van der Waals surface area contributed by atoms with E-state index in [1.807, 2.05) is 39.0 Å². The zero-order valence-electron chi connectivity index (χ0n) is 14.2. The van der Waals surface area contributed by atoms with Crippen molar-refractivity contribution in [1.82, 2.24) is 4.90 Å². The number of carbonyl (C=O) groups excluding carboxylic acids is 2. The number of ether oxygens (including phenoxy) is 2. The van der Waals surface area contributed by atoms with Gasteiger partial charge in [-0.05, 0) is 61.1 Å². The Hall–Kier alpha value is -1.31. The Labute approximate surface area is 155 Å². The number of carbonyl (C=O) groups is 2. The molecule has 1 aromatic carbocycles. The topological polar surface area (TPSA) is 55.8 Å². The maximum atomic E-state index is 12.4. The highest BCUT2D eigenvalue weighted by Crippen LogP contribution is 2.36. The van der Waals surface area contributed by atoms with Gasteiger partial charge in [-0.25, -0.2) is 9.59 Å². The van der Waals surface area contributed by atoms with Crippen LogP contribution in [-0.4, -0.2) is 41.3 Å². The summed E-state index contributed by atoms with van der Waals surface area (Å²) < 4.78 is 12.3. The van der Waals surface area contributed by atoms with Crippen molar-refractivity contribution in [2.24, 2.45) is 0 Å². The molecule has 0 radical (unpaired) electrons. The summed E-state index contributed by atoms with van der Waals surface area (Å²) in [5.41, 5.74) is 0.717. The van der Waals surface area contributed by atoms with Crippen molar-refractivity contribution in [1.29, 1.82) is 0 Å². The molecule has 5 nitrogen and oxygen atoms in total. The fourth-order valence-electron chi connectivity index (χ4n) is 3.23. The molecule has 0 aliphatic carbocycles. The molecule has 24 heavy (non-hydrogen) atoms. The van der Waals surface area contributed by atoms with Crippen molar-refractivity contribution in [2.75, 3.05) is 13.1 Å². The zero-order valence-corrected chi connectivity index (χ0v) is 16.4. The first kappa shape index (κ1) is 17.5. The number of piperidine rings is 1. The van der Waals surface area contributed by atoms with Crippen molar-refractivity contribution in [2.45, 2.75) is 51.2 Å². The number of fused-ring (bicyclic) bond motifs is 1. The van der Waals surface area contributed by atoms with Crippen molar-refractivity contribution < 1.29 is 19.1 Å². The van der Waals surface area contributed by atoms with Gasteiger partial charge >= 0.3 is 12.1 Å². The molecule has 0 aromatic heterocycles. The van der Waals surface area contributed by atoms with Gasteiger partial charge in [-0.2, -0.15) is 0 Å². The lowest BCUT2D eigenvalue weighted by molar-refractivity contribution is -0.0587. The van der Waals surface area contributed by atoms with E-state index in [-0.39, 0.29) is 12.1 Å². The van der Waals surface area contributed by atoms with Crippen LogP contribution >= 0.6 is 22.6 Å². The summed E-state index contributed by atoms with van der Waals surface area (Å²) in [6.07, 6.45) is 1.70. The van der Waals surface area contributed by atoms with Gasteiger partial charge in [-0.15, -0.1) is 0 Å². The first-order chi connectivity index (χ1) is 11.2. The Morgan fingerprint density at radius 2 is 1.96 bits per heavy atom. The van der Waals surface area contributed by atoms with Crippen LogP contribution in [-0.2, 0) is 15.9 Å². The van der Waals surface area contributed by atoms with Gasteiger partial charge in [0.25, 0.3) is 0 Å². The Bertz CT molecular complexity index is 672. The average Bonchev–Trinajstić information content (AvgIpc) is 2.47. The molecule has 3 rings (SSSR count). The number of halogens is 1. The van der Waals surface area contributed by atoms with Gasteiger partial charge in [0.05, 0.1) is 5.56 Å². The first-order valence-electron chi connectivity index (χ1n) is 8.17. The minimum atomic E-state index is -0.500. The van der Waals surface area contributed by atoms with Crippen LogP contribution in [0.2, 0.25) is 0 Å². The van der Waals surface area contributed by atoms with Crippen molar-refractivity contribution >= 4 is 34.7 Å². The summed E-state index contributed by atoms with van der Waals surface area (Å²) in [7, 11) is 0. The normalized spacial score (nSPS) is 19.7. The lowest BCUT2D eigenvalue weighted by Gasteiger charge is -2.43. The molecule has 1 saturated heterocycles. The summed E-state index contributed by atoms with van der Waals surface area (Å²) in [5.74, 6) is -0.250. The number of hydrogen-bond acceptors (Lipinski definition) is 4. The lowest BCUT2D eigenvalue weighted by atomic mass is 9.81. The number of esters is 1. The van der Waals surface area contributed by atoms with Gasteiger partial charge in [0, 0.05) is 35.9 Å². The molecular formula is C18H22INO4. The quantitative estimate of drug-likeness (QED) is 0.453. The Balaban J connectivity index is 1.69. The highest BCUT2D eigenvalue weighted by molar-refractivity contribution is 14.1. The number of benzene rings is 1. The van der Waals surface area contributed by atoms with E-state index in [0.29, 0.717) is 37.9 Å². The second-order valence-corrected chi connectivity index (χ2v) is 8.76. The van der Waals surface area contributed by atoms with Crippen LogP contribution in [0.1, 0.15) is 49.5 Å². The van der Waals surface area contributed by atoms with Crippen LogP contribution in [0.15, 0.2) is 18.2 Å². The molecule has 1 fully saturated rings. The predicted molar refractivity (Wildman–Crippen MR) is 98.1 cm³/mol. The summed E-state index contributed by atoms with van der Waals surface area (Å²) in [4.78, 5) is 26.3. The molecule has 2 aliphatic heterocycles. The third-order valence-corrected chi connectivity index (χ3v) is 5.11. The first-order valence-corrected chi connectivity index (χ1v) is 9.25. The highest BCUT2D eigenvalue weighted by Gasteiger charge is 2.44. The van der Waals surface area contributed by atoms with E-state index in [1.165, 1.54) is 0 Å². The molecule has 6 heteroatoms. The molecule has 0 unspecified atom stereocenters. The number of likely N-dealkylation sites (tertiary alicyclic amines) is 1. The number of amides is 1. The van der Waals surface area contributed by atoms with E-state index < -0.39 is 11.2 Å². The van der Waals surface area contributed by atoms with Crippen LogP contribution in [0.3, 0.4) is 0 Å². The fourth-order valence-corrected chi connectivity index (χ4v) is 3.72. The third kappa shape index (κ3) is 3.68. The van der Waals surface area contributed by atoms with Crippen LogP contribution in [0, 0.1) is 3.57 Å². The number of rotatable bonds is 0. The third-order valence-electron chi connectivity index (χ3n) is 4.44. The van der Waals surface area contributed by atoms with Crippen LogP contribution < -0.4 is 0 Å². The van der Waals surface area contributed by atoms with E-state index >= 15 is 0 Å². The summed E-state index contributed by atoms with van der Waals surface area (Å²) in [5, 5.41) is 0. The van der Waals surface area contributed by atoms with E-state index in [1.54, 1.807) is 4.90 Å². The molecule has 1 aromatic rings. The van der Waals surface area contributed by atoms with E-state index in [9.17, 15) is 9.59 Å². The van der Waals surface area contributed by atoms with E-state index in [2.05, 4.69) is 22.6 Å². The van der Waals surface area contributed by atoms with Gasteiger partial charge in [0.2, 0.25) is 0 Å². The maximum Gasteiger partial charge on any atom is 0.410 e. The second-order valence-electron chi connectivity index (χ2n) is 7.52. The molecule has 0 N–H and O–H groups in total. The Morgan fingerprint density at radius 1 is 1.29 bits per heavy atom. The Kier molecular flexibility index (Phi) is 4.53. The minimum Gasteiger partial charge on any atom is -0.455 e. The maximum absolute atomic E-state index is 12.4. The standard InChI is InChI=1S/C18H22INO4/c1-17(2,3)24-16(22)20-8-6-18(7-9-20)11-12-4-5-13(19)10-14(12)15(21)23-18/h4-5,10H,6-9,11H2,1-3H3. The lowest BCUT2D eigenvalue weighted by Crippen LogP contribution is -2.52. The van der Waals surface area contributed by atoms with Gasteiger partial charge in [0.15, 0.2) is 0 Å².